The lowest BCUT2D eigenvalue weighted by Gasteiger charge is -2.14. The largest absolute Gasteiger partial charge is 0.457 e. The maximum atomic E-state index is 12.7. The van der Waals surface area contributed by atoms with E-state index in [1.54, 1.807) is 11.0 Å². The van der Waals surface area contributed by atoms with Crippen molar-refractivity contribution >= 4 is 51.9 Å². The molecule has 1 fully saturated rings. The predicted molar refractivity (Wildman–Crippen MR) is 119 cm³/mol. The Bertz CT molecular complexity index is 1040. The van der Waals surface area contributed by atoms with E-state index in [1.165, 1.54) is 17.3 Å². The van der Waals surface area contributed by atoms with E-state index in [4.69, 9.17) is 28.2 Å². The van der Waals surface area contributed by atoms with Crippen LogP contribution >= 0.6 is 35.6 Å². The minimum absolute atomic E-state index is 0.0737. The molecule has 0 saturated carbocycles. The predicted octanol–water partition coefficient (Wildman–Crippen LogP) is 6.04. The molecule has 0 N–H and O–H groups in total. The molecule has 0 radical (unpaired) electrons. The van der Waals surface area contributed by atoms with Gasteiger partial charge >= 0.3 is 0 Å². The van der Waals surface area contributed by atoms with E-state index >= 15 is 0 Å². The van der Waals surface area contributed by atoms with Crippen LogP contribution < -0.4 is 0 Å². The summed E-state index contributed by atoms with van der Waals surface area (Å²) in [6, 6.07) is 21.2. The quantitative estimate of drug-likeness (QED) is 0.368. The van der Waals surface area contributed by atoms with Crippen molar-refractivity contribution in [3.05, 3.63) is 88.0 Å². The summed E-state index contributed by atoms with van der Waals surface area (Å²) in [6.45, 7) is 0.570. The summed E-state index contributed by atoms with van der Waals surface area (Å²) in [7, 11) is 0. The summed E-state index contributed by atoms with van der Waals surface area (Å²) in [4.78, 5) is 15.0. The lowest BCUT2D eigenvalue weighted by atomic mass is 10.1. The molecule has 3 aromatic rings. The SMILES string of the molecule is O=C1C(=Cc2ccc(-c3ccc(Cl)cc3)o2)SC(=S)N1CCc1ccccc1. The molecule has 0 aliphatic carbocycles. The summed E-state index contributed by atoms with van der Waals surface area (Å²) in [5.74, 6) is 1.27. The van der Waals surface area contributed by atoms with Crippen LogP contribution in [0.15, 0.2) is 76.1 Å². The van der Waals surface area contributed by atoms with Crippen molar-refractivity contribution in [3.8, 4) is 11.3 Å². The van der Waals surface area contributed by atoms with E-state index in [2.05, 4.69) is 12.1 Å². The van der Waals surface area contributed by atoms with Crippen LogP contribution in [-0.4, -0.2) is 21.7 Å². The Morgan fingerprint density at radius 3 is 2.54 bits per heavy atom. The molecule has 0 unspecified atom stereocenters. The number of amides is 1. The van der Waals surface area contributed by atoms with Crippen molar-refractivity contribution < 1.29 is 9.21 Å². The van der Waals surface area contributed by atoms with Gasteiger partial charge in [0.2, 0.25) is 0 Å². The number of rotatable bonds is 5. The van der Waals surface area contributed by atoms with Gasteiger partial charge in [-0.1, -0.05) is 65.9 Å². The smallest absolute Gasteiger partial charge is 0.266 e. The van der Waals surface area contributed by atoms with Crippen LogP contribution in [0.4, 0.5) is 0 Å². The molecule has 1 aliphatic heterocycles. The number of thiocarbonyl (C=S) groups is 1. The van der Waals surface area contributed by atoms with Crippen LogP contribution in [0, 0.1) is 0 Å². The molecule has 3 nitrogen and oxygen atoms in total. The number of carbonyl (C=O) groups is 1. The molecule has 4 rings (SSSR count). The minimum Gasteiger partial charge on any atom is -0.457 e. The number of halogens is 1. The second-order valence-electron chi connectivity index (χ2n) is 6.28. The highest BCUT2D eigenvalue weighted by Crippen LogP contribution is 2.33. The van der Waals surface area contributed by atoms with E-state index in [0.29, 0.717) is 26.6 Å². The highest BCUT2D eigenvalue weighted by Gasteiger charge is 2.31. The molecule has 0 atom stereocenters. The molecule has 1 aromatic heterocycles. The molecular weight excluding hydrogens is 410 g/mol. The highest BCUT2D eigenvalue weighted by atomic mass is 35.5. The summed E-state index contributed by atoms with van der Waals surface area (Å²) in [6.07, 6.45) is 2.52. The average Bonchev–Trinajstić information content (AvgIpc) is 3.27. The van der Waals surface area contributed by atoms with Crippen LogP contribution in [0.2, 0.25) is 5.02 Å². The topological polar surface area (TPSA) is 33.5 Å². The molecule has 2 heterocycles. The molecule has 140 valence electrons. The number of carbonyl (C=O) groups excluding carboxylic acids is 1. The number of hydrogen-bond acceptors (Lipinski definition) is 4. The average molecular weight is 426 g/mol. The number of nitrogens with zero attached hydrogens (tertiary/aromatic N) is 1. The van der Waals surface area contributed by atoms with Gasteiger partial charge in [0.25, 0.3) is 5.91 Å². The third-order valence-electron chi connectivity index (χ3n) is 4.37. The van der Waals surface area contributed by atoms with Gasteiger partial charge in [-0.25, -0.2) is 0 Å². The molecule has 0 spiro atoms. The molecule has 1 aliphatic rings. The van der Waals surface area contributed by atoms with Crippen LogP contribution in [0.25, 0.3) is 17.4 Å². The van der Waals surface area contributed by atoms with Gasteiger partial charge in [0, 0.05) is 23.2 Å². The van der Waals surface area contributed by atoms with E-state index in [-0.39, 0.29) is 5.91 Å². The van der Waals surface area contributed by atoms with Crippen LogP contribution in [0.5, 0.6) is 0 Å². The summed E-state index contributed by atoms with van der Waals surface area (Å²) in [5.41, 5.74) is 2.11. The Balaban J connectivity index is 1.47. The van der Waals surface area contributed by atoms with Gasteiger partial charge in [-0.05, 0) is 48.4 Å². The maximum absolute atomic E-state index is 12.7. The Kier molecular flexibility index (Phi) is 5.67. The van der Waals surface area contributed by atoms with Crippen LogP contribution in [0.3, 0.4) is 0 Å². The Morgan fingerprint density at radius 2 is 1.79 bits per heavy atom. The first-order chi connectivity index (χ1) is 13.6. The van der Waals surface area contributed by atoms with E-state index < -0.39 is 0 Å². The molecule has 1 saturated heterocycles. The van der Waals surface area contributed by atoms with Gasteiger partial charge in [-0.2, -0.15) is 0 Å². The first kappa shape index (κ1) is 19.0. The third-order valence-corrected chi connectivity index (χ3v) is 6.00. The van der Waals surface area contributed by atoms with Gasteiger partial charge in [-0.15, -0.1) is 0 Å². The zero-order valence-electron chi connectivity index (χ0n) is 14.8. The number of hydrogen-bond donors (Lipinski definition) is 0. The van der Waals surface area contributed by atoms with Gasteiger partial charge in [-0.3, -0.25) is 9.69 Å². The number of furan rings is 1. The standard InChI is InChI=1S/C22H16ClNO2S2/c23-17-8-6-16(7-9-17)19-11-10-18(26-19)14-20-21(25)24(22(27)28-20)13-12-15-4-2-1-3-5-15/h1-11,14H,12-13H2. The van der Waals surface area contributed by atoms with E-state index in [0.717, 1.165) is 17.7 Å². The van der Waals surface area contributed by atoms with Gasteiger partial charge < -0.3 is 4.42 Å². The van der Waals surface area contributed by atoms with Crippen molar-refractivity contribution in [2.45, 2.75) is 6.42 Å². The zero-order valence-corrected chi connectivity index (χ0v) is 17.2. The maximum Gasteiger partial charge on any atom is 0.266 e. The lowest BCUT2D eigenvalue weighted by molar-refractivity contribution is -0.122. The monoisotopic (exact) mass is 425 g/mol. The second kappa shape index (κ2) is 8.35. The summed E-state index contributed by atoms with van der Waals surface area (Å²) < 4.78 is 6.45. The molecule has 28 heavy (non-hydrogen) atoms. The van der Waals surface area contributed by atoms with Crippen molar-refractivity contribution in [3.63, 3.8) is 0 Å². The molecular formula is C22H16ClNO2S2. The van der Waals surface area contributed by atoms with Crippen molar-refractivity contribution in [1.29, 1.82) is 0 Å². The van der Waals surface area contributed by atoms with Gasteiger partial charge in [0.15, 0.2) is 0 Å². The van der Waals surface area contributed by atoms with Crippen LogP contribution in [0.1, 0.15) is 11.3 Å². The second-order valence-corrected chi connectivity index (χ2v) is 8.39. The lowest BCUT2D eigenvalue weighted by Crippen LogP contribution is -2.30. The van der Waals surface area contributed by atoms with Crippen molar-refractivity contribution in [2.24, 2.45) is 0 Å². The minimum atomic E-state index is -0.0737. The Labute approximate surface area is 178 Å². The van der Waals surface area contributed by atoms with Crippen LogP contribution in [-0.2, 0) is 11.2 Å². The normalized spacial score (nSPS) is 15.6. The van der Waals surface area contributed by atoms with Crippen molar-refractivity contribution in [2.75, 3.05) is 6.54 Å². The zero-order chi connectivity index (χ0) is 19.5. The van der Waals surface area contributed by atoms with E-state index in [9.17, 15) is 4.79 Å². The molecule has 6 heteroatoms. The molecule has 2 aromatic carbocycles. The number of benzene rings is 2. The Morgan fingerprint density at radius 1 is 1.04 bits per heavy atom. The highest BCUT2D eigenvalue weighted by molar-refractivity contribution is 8.26. The summed E-state index contributed by atoms with van der Waals surface area (Å²) in [5, 5.41) is 0.676. The fraction of sp³-hybridized carbons (Fsp3) is 0.0909. The Hall–Kier alpha value is -2.34. The first-order valence-electron chi connectivity index (χ1n) is 8.75. The van der Waals surface area contributed by atoms with Gasteiger partial charge in [0.1, 0.15) is 15.8 Å². The first-order valence-corrected chi connectivity index (χ1v) is 10.4. The third kappa shape index (κ3) is 4.22. The number of thioether (sulfide) groups is 1. The van der Waals surface area contributed by atoms with E-state index in [1.807, 2.05) is 54.6 Å². The van der Waals surface area contributed by atoms with Crippen molar-refractivity contribution in [1.82, 2.24) is 4.90 Å². The fourth-order valence-electron chi connectivity index (χ4n) is 2.91. The van der Waals surface area contributed by atoms with Gasteiger partial charge in [0.05, 0.1) is 4.91 Å². The summed E-state index contributed by atoms with van der Waals surface area (Å²) >= 11 is 12.6. The fourth-order valence-corrected chi connectivity index (χ4v) is 4.32. The molecule has 0 bridgehead atoms. The molecule has 1 amide bonds.